The van der Waals surface area contributed by atoms with Crippen LogP contribution in [0.3, 0.4) is 0 Å². The normalized spacial score (nSPS) is 19.7. The summed E-state index contributed by atoms with van der Waals surface area (Å²) in [7, 11) is -0.332. The van der Waals surface area contributed by atoms with E-state index < -0.39 is 35.5 Å². The van der Waals surface area contributed by atoms with E-state index in [0.717, 1.165) is 25.9 Å². The minimum atomic E-state index is -4.42. The number of carbonyl (C=O) groups is 1. The maximum Gasteiger partial charge on any atom is 0.397 e. The second-order valence-corrected chi connectivity index (χ2v) is 15.3. The van der Waals surface area contributed by atoms with Crippen molar-refractivity contribution in [1.29, 1.82) is 0 Å². The minimum absolute atomic E-state index is 0.0347. The van der Waals surface area contributed by atoms with E-state index in [4.69, 9.17) is 9.72 Å². The zero-order valence-corrected chi connectivity index (χ0v) is 27.7. The van der Waals surface area contributed by atoms with Crippen molar-refractivity contribution >= 4 is 32.6 Å². The smallest absolute Gasteiger partial charge is 0.397 e. The van der Waals surface area contributed by atoms with Gasteiger partial charge < -0.3 is 14.2 Å². The highest BCUT2D eigenvalue weighted by atomic mass is 32.2. The molecule has 43 heavy (non-hydrogen) atoms. The number of aromatic nitrogens is 5. The third kappa shape index (κ3) is 7.20. The third-order valence-electron chi connectivity index (χ3n) is 8.41. The molecule has 0 bridgehead atoms. The van der Waals surface area contributed by atoms with E-state index in [1.54, 1.807) is 29.2 Å². The van der Waals surface area contributed by atoms with E-state index in [-0.39, 0.29) is 32.9 Å². The summed E-state index contributed by atoms with van der Waals surface area (Å²) in [6, 6.07) is 5.72. The van der Waals surface area contributed by atoms with Crippen LogP contribution in [0.1, 0.15) is 64.7 Å². The van der Waals surface area contributed by atoms with Gasteiger partial charge in [0.2, 0.25) is 10.8 Å². The Kier molecular flexibility index (Phi) is 9.86. The first-order valence-corrected chi connectivity index (χ1v) is 17.5. The molecule has 1 amide bonds. The summed E-state index contributed by atoms with van der Waals surface area (Å²) in [5.41, 5.74) is -1.47. The molecule has 4 rings (SSSR count). The van der Waals surface area contributed by atoms with E-state index in [1.807, 2.05) is 6.92 Å². The molecule has 3 aromatic rings. The first-order chi connectivity index (χ1) is 20.2. The van der Waals surface area contributed by atoms with Crippen molar-refractivity contribution in [2.75, 3.05) is 18.1 Å². The fraction of sp³-hybridized carbons (Fsp3) is 0.571. The number of carbonyl (C=O) groups excluding carboxylic acids is 1. The Bertz CT molecular complexity index is 1420. The van der Waals surface area contributed by atoms with Gasteiger partial charge in [-0.15, -0.1) is 5.10 Å². The molecule has 3 aromatic heterocycles. The standard InChI is InChI=1S/C28H40F3N7O3SSi/c1-7-20-16-37(26(4,5)18-43-20)24-21(25(39)35-42(40)19-14-32-36(9-3)15-19)10-11-22(33-24)38-13-12-23(34-38)41-17-27(6,8-2)28(29,30)31/h10-15,20H,7-9,16-18,43H2,1-6H3,(H,35,39). The van der Waals surface area contributed by atoms with E-state index in [9.17, 15) is 22.5 Å². The molecule has 4 heterocycles. The highest BCUT2D eigenvalue weighted by Gasteiger charge is 2.50. The SMILES string of the molecule is CCC1CN(c2nc(-n3ccc(OCC(C)(CC)C(F)(F)F)n3)ccc2C(=O)N[S+]([O-])c2cnn(CC)c2)C(C)(C)C[SiH2]1. The molecule has 1 N–H and O–H groups in total. The van der Waals surface area contributed by atoms with Gasteiger partial charge in [0.05, 0.1) is 17.2 Å². The summed E-state index contributed by atoms with van der Waals surface area (Å²) >= 11 is -1.83. The zero-order valence-electron chi connectivity index (χ0n) is 25.4. The predicted octanol–water partition coefficient (Wildman–Crippen LogP) is 4.68. The molecule has 1 fully saturated rings. The first-order valence-electron chi connectivity index (χ1n) is 14.5. The highest BCUT2D eigenvalue weighted by Crippen LogP contribution is 2.41. The fourth-order valence-electron chi connectivity index (χ4n) is 4.89. The Morgan fingerprint density at radius 3 is 2.63 bits per heavy atom. The molecule has 0 aromatic carbocycles. The number of alkyl halides is 3. The number of nitrogens with one attached hydrogen (secondary N) is 1. The molecule has 0 saturated carbocycles. The average Bonchev–Trinajstić information content (AvgIpc) is 3.65. The highest BCUT2D eigenvalue weighted by molar-refractivity contribution is 7.90. The molecular formula is C28H40F3N7O3SSi. The van der Waals surface area contributed by atoms with Gasteiger partial charge in [0, 0.05) is 40.4 Å². The van der Waals surface area contributed by atoms with Gasteiger partial charge in [-0.3, -0.25) is 9.48 Å². The van der Waals surface area contributed by atoms with Crippen LogP contribution in [0, 0.1) is 5.41 Å². The van der Waals surface area contributed by atoms with Crippen LogP contribution in [0.4, 0.5) is 19.0 Å². The maximum atomic E-state index is 13.5. The Morgan fingerprint density at radius 2 is 2.00 bits per heavy atom. The molecule has 0 aliphatic carbocycles. The van der Waals surface area contributed by atoms with Crippen LogP contribution >= 0.6 is 0 Å². The number of rotatable bonds is 11. The number of amides is 1. The third-order valence-corrected chi connectivity index (χ3v) is 12.6. The number of hydrogen-bond acceptors (Lipinski definition) is 7. The van der Waals surface area contributed by atoms with E-state index >= 15 is 0 Å². The van der Waals surface area contributed by atoms with Gasteiger partial charge in [0.15, 0.2) is 5.82 Å². The van der Waals surface area contributed by atoms with Crippen LogP contribution in [-0.4, -0.2) is 69.4 Å². The van der Waals surface area contributed by atoms with Crippen LogP contribution in [0.2, 0.25) is 11.6 Å². The van der Waals surface area contributed by atoms with Crippen molar-refractivity contribution < 1.29 is 27.3 Å². The zero-order chi connectivity index (χ0) is 31.6. The molecule has 10 nitrogen and oxygen atoms in total. The second-order valence-electron chi connectivity index (χ2n) is 11.8. The van der Waals surface area contributed by atoms with Gasteiger partial charge >= 0.3 is 6.18 Å². The largest absolute Gasteiger partial charge is 0.588 e. The van der Waals surface area contributed by atoms with Crippen LogP contribution in [-0.2, 0) is 17.9 Å². The lowest BCUT2D eigenvalue weighted by Gasteiger charge is -2.46. The molecule has 0 spiro atoms. The maximum absolute atomic E-state index is 13.5. The lowest BCUT2D eigenvalue weighted by molar-refractivity contribution is -0.227. The second kappa shape index (κ2) is 12.9. The number of nitrogens with zero attached hydrogens (tertiary/aromatic N) is 6. The molecule has 15 heteroatoms. The monoisotopic (exact) mass is 639 g/mol. The van der Waals surface area contributed by atoms with Crippen LogP contribution in [0.15, 0.2) is 41.7 Å². The number of aryl methyl sites for hydroxylation is 1. The van der Waals surface area contributed by atoms with Crippen molar-refractivity contribution in [2.45, 2.75) is 89.1 Å². The topological polar surface area (TPSA) is 113 Å². The fourth-order valence-corrected chi connectivity index (χ4v) is 7.88. The van der Waals surface area contributed by atoms with Crippen molar-refractivity contribution in [1.82, 2.24) is 29.3 Å². The van der Waals surface area contributed by atoms with Gasteiger partial charge in [0.25, 0.3) is 5.91 Å². The Labute approximate surface area is 255 Å². The summed E-state index contributed by atoms with van der Waals surface area (Å²) in [6.45, 7) is 11.7. The molecule has 1 saturated heterocycles. The Balaban J connectivity index is 1.66. The van der Waals surface area contributed by atoms with E-state index in [0.29, 0.717) is 28.6 Å². The molecule has 1 aliphatic heterocycles. The van der Waals surface area contributed by atoms with Crippen molar-refractivity contribution in [3.05, 3.63) is 42.4 Å². The summed E-state index contributed by atoms with van der Waals surface area (Å²) in [5.74, 6) is 0.292. The van der Waals surface area contributed by atoms with Gasteiger partial charge in [-0.05, 0) is 57.8 Å². The summed E-state index contributed by atoms with van der Waals surface area (Å²) in [6.07, 6.45) is 1.11. The van der Waals surface area contributed by atoms with Gasteiger partial charge in [-0.25, -0.2) is 9.67 Å². The van der Waals surface area contributed by atoms with Gasteiger partial charge in [0.1, 0.15) is 30.0 Å². The van der Waals surface area contributed by atoms with Gasteiger partial charge in [-0.2, -0.15) is 23.0 Å². The molecule has 0 radical (unpaired) electrons. The number of anilines is 1. The quantitative estimate of drug-likeness (QED) is 0.240. The number of ether oxygens (including phenoxy) is 1. The molecule has 236 valence electrons. The van der Waals surface area contributed by atoms with Crippen molar-refractivity contribution in [2.24, 2.45) is 5.41 Å². The van der Waals surface area contributed by atoms with Crippen LogP contribution in [0.25, 0.3) is 5.82 Å². The predicted molar refractivity (Wildman–Crippen MR) is 162 cm³/mol. The van der Waals surface area contributed by atoms with Gasteiger partial charge in [-0.1, -0.05) is 20.3 Å². The lowest BCUT2D eigenvalue weighted by Crippen LogP contribution is -2.52. The van der Waals surface area contributed by atoms with Crippen molar-refractivity contribution in [3.8, 4) is 11.7 Å². The molecular weight excluding hydrogens is 600 g/mol. The number of halogens is 3. The summed E-state index contributed by atoms with van der Waals surface area (Å²) < 4.78 is 64.7. The average molecular weight is 640 g/mol. The minimum Gasteiger partial charge on any atom is -0.588 e. The first kappa shape index (κ1) is 32.9. The van der Waals surface area contributed by atoms with Crippen LogP contribution < -0.4 is 14.4 Å². The van der Waals surface area contributed by atoms with E-state index in [2.05, 4.69) is 40.6 Å². The lowest BCUT2D eigenvalue weighted by atomic mass is 9.88. The summed E-state index contributed by atoms with van der Waals surface area (Å²) in [4.78, 5) is 20.9. The Hall–Kier alpha value is -3.04. The Morgan fingerprint density at radius 1 is 1.26 bits per heavy atom. The van der Waals surface area contributed by atoms with E-state index in [1.165, 1.54) is 23.9 Å². The number of hydrogen-bond donors (Lipinski definition) is 1. The van der Waals surface area contributed by atoms with Crippen molar-refractivity contribution in [3.63, 3.8) is 0 Å². The molecule has 1 aliphatic rings. The molecule has 3 atom stereocenters. The van der Waals surface area contributed by atoms with Crippen LogP contribution in [0.5, 0.6) is 5.88 Å². The molecule has 3 unspecified atom stereocenters. The summed E-state index contributed by atoms with van der Waals surface area (Å²) in [5, 5.41) is 8.46. The number of pyridine rings is 1.